The molecule has 4 bridgehead atoms. The second kappa shape index (κ2) is 15.0. The molecule has 50 heavy (non-hydrogen) atoms. The third-order valence-corrected chi connectivity index (χ3v) is 9.30. The van der Waals surface area contributed by atoms with Crippen LogP contribution in [0, 0.1) is 20.8 Å². The minimum absolute atomic E-state index is 0.0628. The number of benzene rings is 2. The molecule has 14 nitrogen and oxygen atoms in total. The predicted molar refractivity (Wildman–Crippen MR) is 183 cm³/mol. The van der Waals surface area contributed by atoms with Crippen LogP contribution < -0.4 is 20.1 Å². The number of hydrogen-bond acceptors (Lipinski definition) is 9. The monoisotopic (exact) mass is 685 g/mol. The Hall–Kier alpha value is -5.40. The van der Waals surface area contributed by atoms with Gasteiger partial charge in [-0.15, -0.1) is 0 Å². The Morgan fingerprint density at radius 3 is 2.58 bits per heavy atom. The van der Waals surface area contributed by atoms with Crippen LogP contribution in [0.3, 0.4) is 0 Å². The first-order valence-electron chi connectivity index (χ1n) is 17.0. The summed E-state index contributed by atoms with van der Waals surface area (Å²) in [5, 5.41) is 9.94. The van der Waals surface area contributed by atoms with Gasteiger partial charge in [0.2, 0.25) is 11.8 Å². The SMILES string of the molecule is COc1ccc2cc1O[C@H]1C[C@@H](C(=O)NCCCCN(C(=O)Cc3c(C)noc3C)CCCNC2=O)N(C(=O)c2ccc3nc(C)[nH]c3c2)C1. The van der Waals surface area contributed by atoms with Crippen molar-refractivity contribution in [3.05, 3.63) is 70.4 Å². The van der Waals surface area contributed by atoms with Gasteiger partial charge in [0.05, 0.1) is 36.8 Å². The number of ether oxygens (including phenoxy) is 2. The summed E-state index contributed by atoms with van der Waals surface area (Å²) < 4.78 is 17.2. The number of amides is 4. The number of aromatic amines is 1. The lowest BCUT2D eigenvalue weighted by molar-refractivity contribution is -0.130. The lowest BCUT2D eigenvalue weighted by Crippen LogP contribution is -2.46. The number of H-pyrrole nitrogens is 1. The zero-order valence-electron chi connectivity index (χ0n) is 28.8. The van der Waals surface area contributed by atoms with Gasteiger partial charge in [-0.3, -0.25) is 19.2 Å². The normalized spacial score (nSPS) is 19.2. The topological polar surface area (TPSA) is 172 Å². The molecule has 0 aliphatic carbocycles. The maximum absolute atomic E-state index is 14.0. The number of nitrogens with zero attached hydrogens (tertiary/aromatic N) is 4. The van der Waals surface area contributed by atoms with Crippen LogP contribution in [0.5, 0.6) is 11.5 Å². The summed E-state index contributed by atoms with van der Waals surface area (Å²) in [6.45, 7) is 7.26. The summed E-state index contributed by atoms with van der Waals surface area (Å²) in [6.07, 6.45) is 1.69. The molecule has 264 valence electrons. The lowest BCUT2D eigenvalue weighted by atomic mass is 10.1. The Kier molecular flexibility index (Phi) is 10.3. The summed E-state index contributed by atoms with van der Waals surface area (Å²) in [4.78, 5) is 65.2. The molecule has 1 fully saturated rings. The van der Waals surface area contributed by atoms with Crippen molar-refractivity contribution in [2.75, 3.05) is 39.8 Å². The van der Waals surface area contributed by atoms with Gasteiger partial charge in [-0.25, -0.2) is 4.98 Å². The maximum Gasteiger partial charge on any atom is 0.254 e. The Morgan fingerprint density at radius 2 is 1.80 bits per heavy atom. The number of imidazole rings is 1. The number of hydrogen-bond donors (Lipinski definition) is 3. The molecule has 0 unspecified atom stereocenters. The fourth-order valence-electron chi connectivity index (χ4n) is 6.59. The van der Waals surface area contributed by atoms with E-state index in [9.17, 15) is 19.2 Å². The highest BCUT2D eigenvalue weighted by Gasteiger charge is 2.41. The van der Waals surface area contributed by atoms with Gasteiger partial charge in [0, 0.05) is 49.3 Å². The number of carbonyl (C=O) groups is 4. The number of likely N-dealkylation sites (tertiary alicyclic amines) is 1. The van der Waals surface area contributed by atoms with Crippen molar-refractivity contribution in [1.82, 2.24) is 35.6 Å². The molecule has 14 heteroatoms. The van der Waals surface area contributed by atoms with Gasteiger partial charge in [0.25, 0.3) is 11.8 Å². The molecule has 2 aromatic carbocycles. The van der Waals surface area contributed by atoms with Gasteiger partial charge >= 0.3 is 0 Å². The van der Waals surface area contributed by atoms with E-state index in [1.54, 1.807) is 53.1 Å². The van der Waals surface area contributed by atoms with E-state index < -0.39 is 12.1 Å². The highest BCUT2D eigenvalue weighted by atomic mass is 16.5. The quantitative estimate of drug-likeness (QED) is 0.292. The molecule has 1 saturated heterocycles. The van der Waals surface area contributed by atoms with Crippen LogP contribution in [-0.2, 0) is 16.0 Å². The Morgan fingerprint density at radius 1 is 1.00 bits per heavy atom. The minimum Gasteiger partial charge on any atom is -0.493 e. The van der Waals surface area contributed by atoms with Gasteiger partial charge < -0.3 is 39.4 Å². The van der Waals surface area contributed by atoms with Crippen LogP contribution in [-0.4, -0.2) is 101 Å². The molecule has 0 spiro atoms. The number of aryl methyl sites for hydroxylation is 3. The standard InChI is InChI=1S/C36H43N7O7/c1-21-27(22(2)50-41-21)19-33(44)42-14-6-5-12-38-35(46)30-18-26(20-43(30)36(47)25-8-10-28-29(16-25)40-23(3)39-28)49-32-17-24(9-11-31(32)48-4)34(45)37-13-7-15-42/h8-11,16-17,26,30H,5-7,12-15,18-20H2,1-4H3,(H,37,45)(H,38,46)(H,39,40)/t26-,30-/m0/s1. The molecule has 2 aliphatic rings. The number of aromatic nitrogens is 3. The van der Waals surface area contributed by atoms with E-state index in [-0.39, 0.29) is 43.0 Å². The number of methoxy groups -OCH3 is 1. The van der Waals surface area contributed by atoms with Gasteiger partial charge in [-0.05, 0) is 76.4 Å². The average Bonchev–Trinajstić information content (AvgIpc) is 3.79. The Labute approximate surface area is 289 Å². The molecule has 4 amide bonds. The smallest absolute Gasteiger partial charge is 0.254 e. The lowest BCUT2D eigenvalue weighted by Gasteiger charge is -2.24. The first kappa shape index (κ1) is 34.5. The van der Waals surface area contributed by atoms with Crippen molar-refractivity contribution in [1.29, 1.82) is 0 Å². The van der Waals surface area contributed by atoms with Crippen molar-refractivity contribution in [3.63, 3.8) is 0 Å². The molecule has 4 heterocycles. The van der Waals surface area contributed by atoms with Crippen molar-refractivity contribution in [2.24, 2.45) is 0 Å². The molecule has 4 aromatic rings. The number of nitrogens with one attached hydrogen (secondary N) is 3. The van der Waals surface area contributed by atoms with Crippen LogP contribution in [0.2, 0.25) is 0 Å². The van der Waals surface area contributed by atoms with Gasteiger partial charge in [0.1, 0.15) is 23.7 Å². The molecule has 2 atom stereocenters. The zero-order valence-corrected chi connectivity index (χ0v) is 28.8. The Balaban J connectivity index is 1.23. The molecule has 6 rings (SSSR count). The molecule has 0 saturated carbocycles. The second-order valence-corrected chi connectivity index (χ2v) is 12.8. The summed E-state index contributed by atoms with van der Waals surface area (Å²) in [5.41, 5.74) is 3.73. The third kappa shape index (κ3) is 7.58. The molecule has 0 radical (unpaired) electrons. The van der Waals surface area contributed by atoms with E-state index in [2.05, 4.69) is 25.8 Å². The zero-order chi connectivity index (χ0) is 35.4. The highest BCUT2D eigenvalue weighted by molar-refractivity contribution is 6.00. The third-order valence-electron chi connectivity index (χ3n) is 9.30. The molecular weight excluding hydrogens is 642 g/mol. The first-order chi connectivity index (χ1) is 24.1. The van der Waals surface area contributed by atoms with E-state index >= 15 is 0 Å². The van der Waals surface area contributed by atoms with E-state index in [1.165, 1.54) is 7.11 Å². The van der Waals surface area contributed by atoms with E-state index in [1.807, 2.05) is 13.8 Å². The number of fused-ring (bicyclic) bond motifs is 5. The number of carbonyl (C=O) groups excluding carboxylic acids is 4. The minimum atomic E-state index is -0.792. The second-order valence-electron chi connectivity index (χ2n) is 12.8. The van der Waals surface area contributed by atoms with Gasteiger partial charge in [-0.2, -0.15) is 0 Å². The summed E-state index contributed by atoms with van der Waals surface area (Å²) in [7, 11) is 1.51. The summed E-state index contributed by atoms with van der Waals surface area (Å²) in [5.74, 6) is 1.16. The van der Waals surface area contributed by atoms with Crippen molar-refractivity contribution in [2.45, 2.75) is 65.0 Å². The van der Waals surface area contributed by atoms with Crippen LogP contribution in [0.4, 0.5) is 0 Å². The first-order valence-corrected chi connectivity index (χ1v) is 17.0. The summed E-state index contributed by atoms with van der Waals surface area (Å²) in [6, 6.07) is 9.36. The largest absolute Gasteiger partial charge is 0.493 e. The van der Waals surface area contributed by atoms with Gasteiger partial charge in [0.15, 0.2) is 11.5 Å². The fraction of sp³-hybridized carbons (Fsp3) is 0.444. The molecule has 2 aliphatic heterocycles. The maximum atomic E-state index is 14.0. The molecule has 3 N–H and O–H groups in total. The van der Waals surface area contributed by atoms with Crippen molar-refractivity contribution < 1.29 is 33.2 Å². The van der Waals surface area contributed by atoms with Crippen molar-refractivity contribution >= 4 is 34.7 Å². The average molecular weight is 686 g/mol. The Bertz CT molecular complexity index is 1880. The van der Waals surface area contributed by atoms with Crippen LogP contribution in [0.1, 0.15) is 69.2 Å². The predicted octanol–water partition coefficient (Wildman–Crippen LogP) is 3.25. The van der Waals surface area contributed by atoms with Crippen LogP contribution in [0.25, 0.3) is 11.0 Å². The summed E-state index contributed by atoms with van der Waals surface area (Å²) >= 11 is 0. The van der Waals surface area contributed by atoms with E-state index in [4.69, 9.17) is 14.0 Å². The van der Waals surface area contributed by atoms with E-state index in [0.717, 1.165) is 22.4 Å². The molecular formula is C36H43N7O7. The van der Waals surface area contributed by atoms with Crippen LogP contribution >= 0.6 is 0 Å². The van der Waals surface area contributed by atoms with Crippen molar-refractivity contribution in [3.8, 4) is 11.5 Å². The number of rotatable bonds is 4. The van der Waals surface area contributed by atoms with Gasteiger partial charge in [-0.1, -0.05) is 5.16 Å². The molecule has 2 aromatic heterocycles. The fourth-order valence-corrected chi connectivity index (χ4v) is 6.59. The highest BCUT2D eigenvalue weighted by Crippen LogP contribution is 2.33. The van der Waals surface area contributed by atoms with E-state index in [0.29, 0.717) is 79.5 Å². The van der Waals surface area contributed by atoms with Crippen LogP contribution in [0.15, 0.2) is 40.9 Å².